The highest BCUT2D eigenvalue weighted by Gasteiger charge is 2.23. The van der Waals surface area contributed by atoms with Crippen LogP contribution in [0.15, 0.2) is 24.0 Å². The molecule has 8 heteroatoms. The minimum absolute atomic E-state index is 0.129. The summed E-state index contributed by atoms with van der Waals surface area (Å²) in [4.78, 5) is 29.9. The van der Waals surface area contributed by atoms with Crippen molar-refractivity contribution in [2.75, 3.05) is 0 Å². The van der Waals surface area contributed by atoms with Gasteiger partial charge in [-0.3, -0.25) is 4.79 Å². The second kappa shape index (κ2) is 5.85. The Hall–Kier alpha value is -1.86. The molecule has 19 heavy (non-hydrogen) atoms. The normalized spacial score (nSPS) is 12.1. The van der Waals surface area contributed by atoms with E-state index in [2.05, 4.69) is 15.3 Å². The first-order valence-corrected chi connectivity index (χ1v) is 6.57. The van der Waals surface area contributed by atoms with E-state index in [1.54, 1.807) is 11.4 Å². The average Bonchev–Trinajstić information content (AvgIpc) is 2.99. The van der Waals surface area contributed by atoms with Gasteiger partial charge in [-0.2, -0.15) is 0 Å². The van der Waals surface area contributed by atoms with Gasteiger partial charge >= 0.3 is 5.97 Å². The Balaban J connectivity index is 2.07. The number of carboxylic acids is 1. The molecule has 2 heterocycles. The number of nitrogens with one attached hydrogen (secondary N) is 2. The molecule has 0 bridgehead atoms. The Morgan fingerprint density at radius 3 is 2.89 bits per heavy atom. The van der Waals surface area contributed by atoms with Gasteiger partial charge in [-0.25, -0.2) is 9.78 Å². The molecular weight excluding hydrogens is 290 g/mol. The fraction of sp³-hybridized carbons (Fsp3) is 0.182. The van der Waals surface area contributed by atoms with E-state index in [1.165, 1.54) is 12.5 Å². The van der Waals surface area contributed by atoms with Crippen LogP contribution in [-0.2, 0) is 11.2 Å². The van der Waals surface area contributed by atoms with Crippen molar-refractivity contribution in [2.45, 2.75) is 12.5 Å². The number of imidazole rings is 1. The zero-order valence-corrected chi connectivity index (χ0v) is 11.2. The molecule has 2 rings (SSSR count). The number of thiophene rings is 1. The number of carbonyl (C=O) groups excluding carboxylic acids is 1. The smallest absolute Gasteiger partial charge is 0.326 e. The van der Waals surface area contributed by atoms with Gasteiger partial charge in [0.05, 0.1) is 11.3 Å². The number of carbonyl (C=O) groups is 2. The first-order chi connectivity index (χ1) is 9.08. The van der Waals surface area contributed by atoms with E-state index in [4.69, 9.17) is 16.7 Å². The predicted molar refractivity (Wildman–Crippen MR) is 70.5 cm³/mol. The Bertz CT molecular complexity index is 582. The lowest BCUT2D eigenvalue weighted by atomic mass is 10.1. The number of rotatable bonds is 5. The second-order valence-electron chi connectivity index (χ2n) is 3.74. The monoisotopic (exact) mass is 299 g/mol. The molecule has 0 spiro atoms. The lowest BCUT2D eigenvalue weighted by Gasteiger charge is -2.13. The van der Waals surface area contributed by atoms with Crippen LogP contribution in [-0.4, -0.2) is 33.0 Å². The van der Waals surface area contributed by atoms with Crippen molar-refractivity contribution < 1.29 is 14.7 Å². The molecule has 0 unspecified atom stereocenters. The van der Waals surface area contributed by atoms with Gasteiger partial charge in [0.25, 0.3) is 5.91 Å². The van der Waals surface area contributed by atoms with Gasteiger partial charge in [-0.15, -0.1) is 11.3 Å². The van der Waals surface area contributed by atoms with Crippen LogP contribution in [0.2, 0.25) is 5.02 Å². The Morgan fingerprint density at radius 1 is 1.58 bits per heavy atom. The first-order valence-electron chi connectivity index (χ1n) is 5.32. The van der Waals surface area contributed by atoms with Gasteiger partial charge in [0.15, 0.2) is 0 Å². The van der Waals surface area contributed by atoms with E-state index in [0.717, 1.165) is 11.3 Å². The van der Waals surface area contributed by atoms with Crippen molar-refractivity contribution in [3.8, 4) is 0 Å². The quantitative estimate of drug-likeness (QED) is 0.780. The summed E-state index contributed by atoms with van der Waals surface area (Å²) >= 11 is 6.99. The fourth-order valence-corrected chi connectivity index (χ4v) is 2.54. The summed E-state index contributed by atoms with van der Waals surface area (Å²) in [5, 5.41) is 13.5. The molecule has 100 valence electrons. The van der Waals surface area contributed by atoms with Gasteiger partial charge in [-0.1, -0.05) is 11.6 Å². The van der Waals surface area contributed by atoms with Crippen LogP contribution >= 0.6 is 22.9 Å². The van der Waals surface area contributed by atoms with Gasteiger partial charge in [0.2, 0.25) is 0 Å². The molecule has 0 saturated heterocycles. The zero-order chi connectivity index (χ0) is 13.8. The zero-order valence-electron chi connectivity index (χ0n) is 9.59. The third-order valence-electron chi connectivity index (χ3n) is 2.41. The summed E-state index contributed by atoms with van der Waals surface area (Å²) in [6.45, 7) is 0. The van der Waals surface area contributed by atoms with E-state index in [0.29, 0.717) is 15.6 Å². The Kier molecular flexibility index (Phi) is 4.18. The topological polar surface area (TPSA) is 95.1 Å². The summed E-state index contributed by atoms with van der Waals surface area (Å²) in [6, 6.07) is 0.553. The number of amides is 1. The van der Waals surface area contributed by atoms with E-state index in [-0.39, 0.29) is 6.42 Å². The maximum Gasteiger partial charge on any atom is 0.326 e. The van der Waals surface area contributed by atoms with Crippen LogP contribution in [0.3, 0.4) is 0 Å². The van der Waals surface area contributed by atoms with Crippen LogP contribution in [0.1, 0.15) is 15.4 Å². The molecule has 1 amide bonds. The fourth-order valence-electron chi connectivity index (χ4n) is 1.50. The summed E-state index contributed by atoms with van der Waals surface area (Å²) in [5.41, 5.74) is 0.630. The SMILES string of the molecule is O=C(N[C@H](Cc1cnc[nH]1)C(=O)O)c1sccc1Cl. The van der Waals surface area contributed by atoms with Crippen molar-refractivity contribution in [3.63, 3.8) is 0 Å². The first kappa shape index (κ1) is 13.6. The largest absolute Gasteiger partial charge is 0.480 e. The highest BCUT2D eigenvalue weighted by atomic mass is 35.5. The second-order valence-corrected chi connectivity index (χ2v) is 5.07. The number of halogens is 1. The van der Waals surface area contributed by atoms with Gasteiger partial charge in [0.1, 0.15) is 10.9 Å². The van der Waals surface area contributed by atoms with Crippen molar-refractivity contribution in [3.05, 3.63) is 39.6 Å². The Morgan fingerprint density at radius 2 is 2.37 bits per heavy atom. The molecule has 1 atom stereocenters. The van der Waals surface area contributed by atoms with E-state index >= 15 is 0 Å². The molecule has 0 fully saturated rings. The van der Waals surface area contributed by atoms with Crippen LogP contribution in [0, 0.1) is 0 Å². The number of aromatic amines is 1. The standard InChI is InChI=1S/C11H10ClN3O3S/c12-7-1-2-19-9(7)10(16)15-8(11(17)18)3-6-4-13-5-14-6/h1-2,4-5,8H,3H2,(H,13,14)(H,15,16)(H,17,18)/t8-/m1/s1. The molecule has 0 radical (unpaired) electrons. The highest BCUT2D eigenvalue weighted by molar-refractivity contribution is 7.12. The van der Waals surface area contributed by atoms with Crippen LogP contribution in [0.5, 0.6) is 0 Å². The third kappa shape index (κ3) is 3.33. The summed E-state index contributed by atoms with van der Waals surface area (Å²) in [5.74, 6) is -1.61. The highest BCUT2D eigenvalue weighted by Crippen LogP contribution is 2.21. The van der Waals surface area contributed by atoms with Crippen molar-refractivity contribution in [1.29, 1.82) is 0 Å². The predicted octanol–water partition coefficient (Wildman–Crippen LogP) is 1.55. The number of aliphatic carboxylic acids is 1. The number of hydrogen-bond acceptors (Lipinski definition) is 4. The van der Waals surface area contributed by atoms with Crippen molar-refractivity contribution >= 4 is 34.8 Å². The lowest BCUT2D eigenvalue weighted by molar-refractivity contribution is -0.139. The minimum atomic E-state index is -1.12. The summed E-state index contributed by atoms with van der Waals surface area (Å²) < 4.78 is 0. The summed E-state index contributed by atoms with van der Waals surface area (Å²) in [6.07, 6.45) is 3.09. The lowest BCUT2D eigenvalue weighted by Crippen LogP contribution is -2.42. The molecule has 3 N–H and O–H groups in total. The number of nitrogens with zero attached hydrogens (tertiary/aromatic N) is 1. The molecule has 0 aromatic carbocycles. The molecule has 0 saturated carbocycles. The molecule has 6 nitrogen and oxygen atoms in total. The van der Waals surface area contributed by atoms with E-state index < -0.39 is 17.9 Å². The van der Waals surface area contributed by atoms with Gasteiger partial charge < -0.3 is 15.4 Å². The molecule has 0 aliphatic heterocycles. The minimum Gasteiger partial charge on any atom is -0.480 e. The molecule has 0 aliphatic carbocycles. The maximum absolute atomic E-state index is 11.9. The van der Waals surface area contributed by atoms with Gasteiger partial charge in [-0.05, 0) is 11.4 Å². The van der Waals surface area contributed by atoms with Crippen molar-refractivity contribution in [1.82, 2.24) is 15.3 Å². The maximum atomic E-state index is 11.9. The van der Waals surface area contributed by atoms with Crippen LogP contribution in [0.4, 0.5) is 0 Å². The molecule has 0 aliphatic rings. The number of H-pyrrole nitrogens is 1. The summed E-state index contributed by atoms with van der Waals surface area (Å²) in [7, 11) is 0. The van der Waals surface area contributed by atoms with Crippen LogP contribution in [0.25, 0.3) is 0 Å². The van der Waals surface area contributed by atoms with E-state index in [1.807, 2.05) is 0 Å². The number of hydrogen-bond donors (Lipinski definition) is 3. The number of carboxylic acid groups (broad SMARTS) is 1. The average molecular weight is 300 g/mol. The van der Waals surface area contributed by atoms with Gasteiger partial charge in [0, 0.05) is 18.3 Å². The number of aromatic nitrogens is 2. The third-order valence-corrected chi connectivity index (χ3v) is 3.75. The molecule has 2 aromatic heterocycles. The Labute approximate surface area is 117 Å². The molecule has 2 aromatic rings. The molecular formula is C11H10ClN3O3S. The van der Waals surface area contributed by atoms with E-state index in [9.17, 15) is 9.59 Å². The van der Waals surface area contributed by atoms with Crippen molar-refractivity contribution in [2.24, 2.45) is 0 Å². The van der Waals surface area contributed by atoms with Crippen LogP contribution < -0.4 is 5.32 Å².